The topological polar surface area (TPSA) is 109 Å². The molecule has 1 unspecified atom stereocenters. The number of ether oxygens (including phenoxy) is 2. The first kappa shape index (κ1) is 27.7. The number of anilines is 1. The van der Waals surface area contributed by atoms with Crippen LogP contribution in [0.3, 0.4) is 0 Å². The molecule has 0 aliphatic heterocycles. The molecule has 35 heavy (non-hydrogen) atoms. The van der Waals surface area contributed by atoms with Gasteiger partial charge in [-0.15, -0.1) is 0 Å². The van der Waals surface area contributed by atoms with Crippen LogP contribution in [0, 0.1) is 11.3 Å². The molecule has 2 aromatic rings. The first-order valence-electron chi connectivity index (χ1n) is 11.9. The van der Waals surface area contributed by atoms with Crippen molar-refractivity contribution in [2.45, 2.75) is 71.1 Å². The highest BCUT2D eigenvalue weighted by Gasteiger charge is 2.25. The summed E-state index contributed by atoms with van der Waals surface area (Å²) >= 11 is 0. The normalized spacial score (nSPS) is 11.9. The molecule has 0 bridgehead atoms. The quantitative estimate of drug-likeness (QED) is 0.367. The van der Waals surface area contributed by atoms with E-state index in [2.05, 4.69) is 18.3 Å². The van der Waals surface area contributed by atoms with Crippen LogP contribution in [0.1, 0.15) is 92.8 Å². The molecular formula is C28H36N2O5. The number of unbranched alkanes of at least 4 members (excludes halogenated alkanes) is 2. The first-order valence-corrected chi connectivity index (χ1v) is 11.9. The molecule has 1 atom stereocenters. The van der Waals surface area contributed by atoms with Crippen LogP contribution in [-0.2, 0) is 10.2 Å². The highest BCUT2D eigenvalue weighted by atomic mass is 16.5. The predicted octanol–water partition coefficient (Wildman–Crippen LogP) is 6.26. The molecule has 0 heterocycles. The van der Waals surface area contributed by atoms with Gasteiger partial charge < -0.3 is 19.9 Å². The van der Waals surface area contributed by atoms with Crippen LogP contribution < -0.4 is 14.8 Å². The molecule has 2 aromatic carbocycles. The van der Waals surface area contributed by atoms with Crippen molar-refractivity contribution in [2.24, 2.45) is 0 Å². The summed E-state index contributed by atoms with van der Waals surface area (Å²) in [6.07, 6.45) is 3.90. The molecule has 0 fully saturated rings. The largest absolute Gasteiger partial charge is 0.496 e. The number of aromatic carboxylic acids is 1. The van der Waals surface area contributed by atoms with Crippen LogP contribution in [0.4, 0.5) is 5.69 Å². The van der Waals surface area contributed by atoms with Crippen LogP contribution in [0.15, 0.2) is 30.3 Å². The number of hydrogen-bond donors (Lipinski definition) is 2. The van der Waals surface area contributed by atoms with Crippen molar-refractivity contribution in [1.29, 1.82) is 5.26 Å². The molecule has 7 nitrogen and oxygen atoms in total. The number of nitriles is 1. The lowest BCUT2D eigenvalue weighted by molar-refractivity contribution is -0.116. The van der Waals surface area contributed by atoms with Gasteiger partial charge in [-0.3, -0.25) is 4.79 Å². The number of nitrogens with one attached hydrogen (secondary N) is 1. The molecule has 188 valence electrons. The summed E-state index contributed by atoms with van der Waals surface area (Å²) in [6.45, 7) is 8.15. The van der Waals surface area contributed by atoms with Gasteiger partial charge in [0.1, 0.15) is 17.6 Å². The molecule has 0 radical (unpaired) electrons. The number of methoxy groups -OCH3 is 2. The number of nitrogens with zero attached hydrogens (tertiary/aromatic N) is 1. The van der Waals surface area contributed by atoms with Gasteiger partial charge in [-0.1, -0.05) is 53.0 Å². The zero-order valence-corrected chi connectivity index (χ0v) is 21.5. The second kappa shape index (κ2) is 12.3. The summed E-state index contributed by atoms with van der Waals surface area (Å²) in [5.41, 5.74) is 2.34. The molecule has 0 aromatic heterocycles. The highest BCUT2D eigenvalue weighted by molar-refractivity contribution is 5.95. The Morgan fingerprint density at radius 1 is 1.09 bits per heavy atom. The Morgan fingerprint density at radius 2 is 1.77 bits per heavy atom. The van der Waals surface area contributed by atoms with E-state index in [0.29, 0.717) is 22.7 Å². The Morgan fingerprint density at radius 3 is 2.31 bits per heavy atom. The number of carboxylic acid groups (broad SMARTS) is 1. The third-order valence-corrected chi connectivity index (χ3v) is 6.05. The average molecular weight is 481 g/mol. The molecule has 2 N–H and O–H groups in total. The lowest BCUT2D eigenvalue weighted by Crippen LogP contribution is -2.21. The van der Waals surface area contributed by atoms with Crippen molar-refractivity contribution in [3.63, 3.8) is 0 Å². The number of carbonyl (C=O) groups is 2. The van der Waals surface area contributed by atoms with E-state index in [-0.39, 0.29) is 29.2 Å². The van der Waals surface area contributed by atoms with Crippen LogP contribution in [0.5, 0.6) is 11.5 Å². The Balaban J connectivity index is 2.43. The summed E-state index contributed by atoms with van der Waals surface area (Å²) in [4.78, 5) is 24.8. The van der Waals surface area contributed by atoms with Crippen molar-refractivity contribution in [2.75, 3.05) is 19.5 Å². The summed E-state index contributed by atoms with van der Waals surface area (Å²) in [5.74, 6) is -0.472. The van der Waals surface area contributed by atoms with Gasteiger partial charge in [-0.25, -0.2) is 4.79 Å². The highest BCUT2D eigenvalue weighted by Crippen LogP contribution is 2.38. The van der Waals surface area contributed by atoms with Crippen LogP contribution in [0.25, 0.3) is 0 Å². The zero-order chi connectivity index (χ0) is 26.2. The number of carboxylic acids is 1. The fraction of sp³-hybridized carbons (Fsp3) is 0.464. The van der Waals surface area contributed by atoms with E-state index in [4.69, 9.17) is 9.47 Å². The summed E-state index contributed by atoms with van der Waals surface area (Å²) in [5, 5.41) is 22.0. The third-order valence-electron chi connectivity index (χ3n) is 6.05. The molecule has 0 aliphatic carbocycles. The van der Waals surface area contributed by atoms with E-state index in [0.717, 1.165) is 36.8 Å². The van der Waals surface area contributed by atoms with E-state index >= 15 is 0 Å². The number of benzene rings is 2. The second-order valence-electron chi connectivity index (χ2n) is 9.67. The third kappa shape index (κ3) is 7.22. The number of amides is 1. The lowest BCUT2D eigenvalue weighted by Gasteiger charge is -2.25. The standard InChI is InChI=1S/C28H36N2O5/c1-7-8-9-10-18(21-13-20(17-29)24(34-5)16-25(21)35-6)15-26(31)30-23-14-19(27(32)33)11-12-22(23)28(2,3)4/h11-14,16,18H,7-10,15H2,1-6H3,(H,30,31)(H,32,33). The van der Waals surface area contributed by atoms with Gasteiger partial charge in [0.2, 0.25) is 5.91 Å². The van der Waals surface area contributed by atoms with Gasteiger partial charge >= 0.3 is 5.97 Å². The molecule has 0 aliphatic rings. The number of hydrogen-bond acceptors (Lipinski definition) is 5. The minimum Gasteiger partial charge on any atom is -0.496 e. The van der Waals surface area contributed by atoms with Gasteiger partial charge in [0.05, 0.1) is 25.3 Å². The number of rotatable bonds is 11. The maximum atomic E-state index is 13.3. The smallest absolute Gasteiger partial charge is 0.335 e. The zero-order valence-electron chi connectivity index (χ0n) is 21.5. The SMILES string of the molecule is CCCCCC(CC(=O)Nc1cc(C(=O)O)ccc1C(C)(C)C)c1cc(C#N)c(OC)cc1OC. The van der Waals surface area contributed by atoms with Crippen molar-refractivity contribution in [3.05, 3.63) is 52.6 Å². The van der Waals surface area contributed by atoms with E-state index in [1.807, 2.05) is 20.8 Å². The molecule has 0 spiro atoms. The summed E-state index contributed by atoms with van der Waals surface area (Å²) in [7, 11) is 3.06. The Labute approximate surface area is 208 Å². The van der Waals surface area contributed by atoms with Gasteiger partial charge in [-0.2, -0.15) is 5.26 Å². The van der Waals surface area contributed by atoms with Gasteiger partial charge in [-0.05, 0) is 47.1 Å². The van der Waals surface area contributed by atoms with Crippen molar-refractivity contribution in [1.82, 2.24) is 0 Å². The monoisotopic (exact) mass is 480 g/mol. The summed E-state index contributed by atoms with van der Waals surface area (Å²) in [6, 6.07) is 10.4. The lowest BCUT2D eigenvalue weighted by atomic mass is 9.84. The van der Waals surface area contributed by atoms with Crippen molar-refractivity contribution >= 4 is 17.6 Å². The molecule has 1 amide bonds. The van der Waals surface area contributed by atoms with Gasteiger partial charge in [0, 0.05) is 18.2 Å². The second-order valence-corrected chi connectivity index (χ2v) is 9.67. The Hall–Kier alpha value is -3.53. The number of carbonyl (C=O) groups excluding carboxylic acids is 1. The molecular weight excluding hydrogens is 444 g/mol. The van der Waals surface area contributed by atoms with Gasteiger partial charge in [0.15, 0.2) is 0 Å². The minimum absolute atomic E-state index is 0.114. The van der Waals surface area contributed by atoms with E-state index in [1.165, 1.54) is 13.2 Å². The molecule has 2 rings (SSSR count). The average Bonchev–Trinajstić information content (AvgIpc) is 2.81. The van der Waals surface area contributed by atoms with Crippen LogP contribution in [-0.4, -0.2) is 31.2 Å². The van der Waals surface area contributed by atoms with E-state index in [1.54, 1.807) is 31.4 Å². The summed E-state index contributed by atoms with van der Waals surface area (Å²) < 4.78 is 10.9. The maximum Gasteiger partial charge on any atom is 0.335 e. The molecule has 0 saturated carbocycles. The molecule has 0 saturated heterocycles. The Bertz CT molecular complexity index is 1100. The first-order chi connectivity index (χ1) is 16.5. The van der Waals surface area contributed by atoms with Gasteiger partial charge in [0.25, 0.3) is 0 Å². The van der Waals surface area contributed by atoms with E-state index < -0.39 is 5.97 Å². The maximum absolute atomic E-state index is 13.3. The Kier molecular flexibility index (Phi) is 9.70. The van der Waals surface area contributed by atoms with E-state index in [9.17, 15) is 20.0 Å². The van der Waals surface area contributed by atoms with Crippen molar-refractivity contribution in [3.8, 4) is 17.6 Å². The molecule has 7 heteroatoms. The van der Waals surface area contributed by atoms with Crippen molar-refractivity contribution < 1.29 is 24.2 Å². The van der Waals surface area contributed by atoms with Crippen LogP contribution in [0.2, 0.25) is 0 Å². The fourth-order valence-electron chi connectivity index (χ4n) is 4.20. The predicted molar refractivity (Wildman–Crippen MR) is 136 cm³/mol. The fourth-order valence-corrected chi connectivity index (χ4v) is 4.20. The van der Waals surface area contributed by atoms with Crippen LogP contribution >= 0.6 is 0 Å². The minimum atomic E-state index is -1.05.